The van der Waals surface area contributed by atoms with Crippen LogP contribution in [0.2, 0.25) is 0 Å². The first-order valence-corrected chi connectivity index (χ1v) is 6.88. The van der Waals surface area contributed by atoms with Crippen LogP contribution in [0.15, 0.2) is 18.2 Å². The number of anilines is 1. The molecule has 1 fully saturated rings. The maximum Gasteiger partial charge on any atom is 0.311 e. The van der Waals surface area contributed by atoms with Crippen molar-refractivity contribution >= 4 is 11.7 Å². The number of aliphatic carboxylic acids is 1. The summed E-state index contributed by atoms with van der Waals surface area (Å²) in [5.74, 6) is -0.178. The van der Waals surface area contributed by atoms with E-state index in [0.717, 1.165) is 36.3 Å². The number of nitrogens with one attached hydrogen (secondary N) is 1. The first-order valence-electron chi connectivity index (χ1n) is 6.88. The smallest absolute Gasteiger partial charge is 0.311 e. The van der Waals surface area contributed by atoms with Crippen LogP contribution in [0.4, 0.5) is 5.69 Å². The van der Waals surface area contributed by atoms with E-state index in [4.69, 9.17) is 4.74 Å². The molecule has 4 nitrogen and oxygen atoms in total. The zero-order chi connectivity index (χ0) is 13.4. The first-order chi connectivity index (χ1) is 9.22. The van der Waals surface area contributed by atoms with Gasteiger partial charge in [-0.1, -0.05) is 25.0 Å². The van der Waals surface area contributed by atoms with Crippen molar-refractivity contribution in [2.45, 2.75) is 37.6 Å². The molecule has 1 aliphatic carbocycles. The van der Waals surface area contributed by atoms with E-state index in [-0.39, 0.29) is 12.0 Å². The lowest BCUT2D eigenvalue weighted by Crippen LogP contribution is -2.42. The number of hydrogen-bond donors (Lipinski definition) is 2. The SMILES string of the molecule is COc1cccc2c1NC1CCCCC1C2C(=O)O. The Hall–Kier alpha value is -1.71. The Morgan fingerprint density at radius 2 is 2.16 bits per heavy atom. The lowest BCUT2D eigenvalue weighted by molar-refractivity contribution is -0.140. The van der Waals surface area contributed by atoms with E-state index in [0.29, 0.717) is 0 Å². The molecule has 0 saturated heterocycles. The summed E-state index contributed by atoms with van der Waals surface area (Å²) in [6.45, 7) is 0. The number of carboxylic acids is 1. The zero-order valence-electron chi connectivity index (χ0n) is 11.1. The Kier molecular flexibility index (Phi) is 3.09. The van der Waals surface area contributed by atoms with Crippen molar-refractivity contribution in [1.82, 2.24) is 0 Å². The Labute approximate surface area is 112 Å². The standard InChI is InChI=1S/C15H19NO3/c1-19-12-8-4-6-10-13(15(17)18)9-5-2-3-7-11(9)16-14(10)12/h4,6,8-9,11,13,16H,2-3,5,7H2,1H3,(H,17,18). The highest BCUT2D eigenvalue weighted by Crippen LogP contribution is 2.47. The quantitative estimate of drug-likeness (QED) is 0.859. The Morgan fingerprint density at radius 1 is 1.37 bits per heavy atom. The van der Waals surface area contributed by atoms with Crippen molar-refractivity contribution < 1.29 is 14.6 Å². The van der Waals surface area contributed by atoms with Gasteiger partial charge in [0.2, 0.25) is 0 Å². The molecule has 102 valence electrons. The Balaban J connectivity index is 2.09. The number of carboxylic acid groups (broad SMARTS) is 1. The molecule has 4 heteroatoms. The molecular weight excluding hydrogens is 242 g/mol. The number of carbonyl (C=O) groups is 1. The third-order valence-corrected chi connectivity index (χ3v) is 4.46. The second-order valence-electron chi connectivity index (χ2n) is 5.44. The normalized spacial score (nSPS) is 28.8. The summed E-state index contributed by atoms with van der Waals surface area (Å²) in [6.07, 6.45) is 4.34. The minimum atomic E-state index is -0.715. The molecule has 0 aromatic heterocycles. The molecule has 2 N–H and O–H groups in total. The van der Waals surface area contributed by atoms with Crippen molar-refractivity contribution in [1.29, 1.82) is 0 Å². The van der Waals surface area contributed by atoms with Crippen molar-refractivity contribution in [3.05, 3.63) is 23.8 Å². The fraction of sp³-hybridized carbons (Fsp3) is 0.533. The number of ether oxygens (including phenoxy) is 1. The predicted molar refractivity (Wildman–Crippen MR) is 72.7 cm³/mol. The van der Waals surface area contributed by atoms with Crippen molar-refractivity contribution in [2.75, 3.05) is 12.4 Å². The average Bonchev–Trinajstić information content (AvgIpc) is 2.43. The van der Waals surface area contributed by atoms with Gasteiger partial charge in [0.05, 0.1) is 18.7 Å². The predicted octanol–water partition coefficient (Wildman–Crippen LogP) is 2.85. The number of hydrogen-bond acceptors (Lipinski definition) is 3. The summed E-state index contributed by atoms with van der Waals surface area (Å²) in [6, 6.07) is 5.93. The molecular formula is C15H19NO3. The first kappa shape index (κ1) is 12.3. The maximum absolute atomic E-state index is 11.7. The summed E-state index contributed by atoms with van der Waals surface area (Å²) in [5.41, 5.74) is 1.75. The molecule has 1 aliphatic heterocycles. The molecule has 0 spiro atoms. The van der Waals surface area contributed by atoms with Gasteiger partial charge in [0.1, 0.15) is 5.75 Å². The van der Waals surface area contributed by atoms with Gasteiger partial charge in [-0.25, -0.2) is 0 Å². The third-order valence-electron chi connectivity index (χ3n) is 4.46. The van der Waals surface area contributed by atoms with Gasteiger partial charge in [0, 0.05) is 6.04 Å². The lowest BCUT2D eigenvalue weighted by atomic mass is 9.71. The topological polar surface area (TPSA) is 58.6 Å². The summed E-state index contributed by atoms with van der Waals surface area (Å²) in [4.78, 5) is 11.7. The van der Waals surface area contributed by atoms with Crippen molar-refractivity contribution in [2.24, 2.45) is 5.92 Å². The molecule has 0 bridgehead atoms. The van der Waals surface area contributed by atoms with E-state index in [1.165, 1.54) is 6.42 Å². The van der Waals surface area contributed by atoms with E-state index < -0.39 is 11.9 Å². The van der Waals surface area contributed by atoms with E-state index >= 15 is 0 Å². The maximum atomic E-state index is 11.7. The van der Waals surface area contributed by atoms with Crippen LogP contribution in [0.25, 0.3) is 0 Å². The summed E-state index contributed by atoms with van der Waals surface area (Å²) >= 11 is 0. The minimum absolute atomic E-state index is 0.200. The number of para-hydroxylation sites is 1. The van der Waals surface area contributed by atoms with E-state index in [1.807, 2.05) is 18.2 Å². The minimum Gasteiger partial charge on any atom is -0.495 e. The van der Waals surface area contributed by atoms with Crippen molar-refractivity contribution in [3.8, 4) is 5.75 Å². The van der Waals surface area contributed by atoms with Crippen molar-refractivity contribution in [3.63, 3.8) is 0 Å². The molecule has 19 heavy (non-hydrogen) atoms. The molecule has 0 radical (unpaired) electrons. The van der Waals surface area contributed by atoms with Gasteiger partial charge >= 0.3 is 5.97 Å². The van der Waals surface area contributed by atoms with Gasteiger partial charge in [-0.3, -0.25) is 4.79 Å². The van der Waals surface area contributed by atoms with Crippen LogP contribution < -0.4 is 10.1 Å². The fourth-order valence-corrected chi connectivity index (χ4v) is 3.60. The van der Waals surface area contributed by atoms with E-state index in [2.05, 4.69) is 5.32 Å². The summed E-state index contributed by atoms with van der Waals surface area (Å²) in [7, 11) is 1.63. The van der Waals surface area contributed by atoms with Gasteiger partial charge in [-0.2, -0.15) is 0 Å². The monoisotopic (exact) mass is 261 g/mol. The lowest BCUT2D eigenvalue weighted by Gasteiger charge is -2.42. The highest BCUT2D eigenvalue weighted by Gasteiger charge is 2.42. The van der Waals surface area contributed by atoms with Gasteiger partial charge < -0.3 is 15.2 Å². The third kappa shape index (κ3) is 1.95. The van der Waals surface area contributed by atoms with E-state index in [9.17, 15) is 9.90 Å². The van der Waals surface area contributed by atoms with Crippen LogP contribution in [0.5, 0.6) is 5.75 Å². The zero-order valence-corrected chi connectivity index (χ0v) is 11.1. The Morgan fingerprint density at radius 3 is 2.89 bits per heavy atom. The van der Waals surface area contributed by atoms with Crippen LogP contribution in [-0.2, 0) is 4.79 Å². The van der Waals surface area contributed by atoms with E-state index in [1.54, 1.807) is 7.11 Å². The summed E-state index contributed by atoms with van der Waals surface area (Å²) in [5, 5.41) is 13.1. The molecule has 3 atom stereocenters. The van der Waals surface area contributed by atoms with Gasteiger partial charge in [0.25, 0.3) is 0 Å². The molecule has 3 unspecified atom stereocenters. The number of methoxy groups -OCH3 is 1. The molecule has 1 saturated carbocycles. The van der Waals surface area contributed by atoms with Crippen LogP contribution in [0.3, 0.4) is 0 Å². The van der Waals surface area contributed by atoms with Crippen LogP contribution in [0, 0.1) is 5.92 Å². The number of rotatable bonds is 2. The second-order valence-corrected chi connectivity index (χ2v) is 5.44. The molecule has 1 heterocycles. The van der Waals surface area contributed by atoms with Gasteiger partial charge in [-0.15, -0.1) is 0 Å². The van der Waals surface area contributed by atoms with Crippen LogP contribution in [0.1, 0.15) is 37.2 Å². The largest absolute Gasteiger partial charge is 0.495 e. The molecule has 1 aromatic carbocycles. The highest BCUT2D eigenvalue weighted by molar-refractivity contribution is 5.82. The number of fused-ring (bicyclic) bond motifs is 2. The Bertz CT molecular complexity index is 500. The molecule has 3 rings (SSSR count). The number of benzene rings is 1. The van der Waals surface area contributed by atoms with Crippen LogP contribution >= 0.6 is 0 Å². The molecule has 2 aliphatic rings. The van der Waals surface area contributed by atoms with Gasteiger partial charge in [0.15, 0.2) is 0 Å². The van der Waals surface area contributed by atoms with Crippen LogP contribution in [-0.4, -0.2) is 24.2 Å². The average molecular weight is 261 g/mol. The van der Waals surface area contributed by atoms with Gasteiger partial charge in [-0.05, 0) is 30.4 Å². The second kappa shape index (κ2) is 4.76. The highest BCUT2D eigenvalue weighted by atomic mass is 16.5. The molecule has 1 aromatic rings. The fourth-order valence-electron chi connectivity index (χ4n) is 3.60. The molecule has 0 amide bonds. The summed E-state index contributed by atoms with van der Waals surface area (Å²) < 4.78 is 5.36.